The maximum Gasteiger partial charge on any atom is 0.267 e. The van der Waals surface area contributed by atoms with Crippen LogP contribution in [0.1, 0.15) is 26.7 Å². The number of hydrogen-bond acceptors (Lipinski definition) is 4. The Morgan fingerprint density at radius 2 is 1.92 bits per heavy atom. The van der Waals surface area contributed by atoms with Gasteiger partial charge in [0.1, 0.15) is 0 Å². The van der Waals surface area contributed by atoms with Gasteiger partial charge in [-0.25, -0.2) is 0 Å². The molecule has 76 valence electrons. The van der Waals surface area contributed by atoms with E-state index in [0.717, 1.165) is 6.42 Å². The molecule has 0 saturated carbocycles. The SMILES string of the molecule is CCC(C)CCS(=O)(=O)OC.N. The van der Waals surface area contributed by atoms with Gasteiger partial charge < -0.3 is 6.15 Å². The molecule has 1 atom stereocenters. The smallest absolute Gasteiger partial charge is 0.267 e. The highest BCUT2D eigenvalue weighted by atomic mass is 32.2. The molecule has 0 aromatic heterocycles. The third kappa shape index (κ3) is 6.57. The quantitative estimate of drug-likeness (QED) is 0.678. The fraction of sp³-hybridized carbons (Fsp3) is 1.00. The molecule has 0 heterocycles. The van der Waals surface area contributed by atoms with Gasteiger partial charge in [-0.2, -0.15) is 8.42 Å². The predicted molar refractivity (Wildman–Crippen MR) is 49.9 cm³/mol. The van der Waals surface area contributed by atoms with Gasteiger partial charge in [0.05, 0.1) is 12.9 Å². The Kier molecular flexibility index (Phi) is 7.67. The van der Waals surface area contributed by atoms with Gasteiger partial charge in [0.15, 0.2) is 0 Å². The van der Waals surface area contributed by atoms with Crippen molar-refractivity contribution in [3.05, 3.63) is 0 Å². The van der Waals surface area contributed by atoms with Gasteiger partial charge in [-0.05, 0) is 12.3 Å². The van der Waals surface area contributed by atoms with E-state index >= 15 is 0 Å². The molecule has 0 amide bonds. The van der Waals surface area contributed by atoms with Gasteiger partial charge in [0.2, 0.25) is 0 Å². The molecule has 0 aromatic rings. The molecule has 0 spiro atoms. The standard InChI is InChI=1S/C7H16O3S.H3N/c1-4-7(2)5-6-11(8,9)10-3;/h7H,4-6H2,1-3H3;1H3. The Morgan fingerprint density at radius 3 is 2.25 bits per heavy atom. The lowest BCUT2D eigenvalue weighted by Crippen LogP contribution is -2.10. The fourth-order valence-corrected chi connectivity index (χ4v) is 1.49. The lowest BCUT2D eigenvalue weighted by molar-refractivity contribution is 0.392. The Morgan fingerprint density at radius 1 is 1.42 bits per heavy atom. The fourth-order valence-electron chi connectivity index (χ4n) is 0.633. The summed E-state index contributed by atoms with van der Waals surface area (Å²) < 4.78 is 25.9. The van der Waals surface area contributed by atoms with E-state index in [0.29, 0.717) is 12.3 Å². The molecule has 0 saturated heterocycles. The van der Waals surface area contributed by atoms with Crippen molar-refractivity contribution < 1.29 is 12.6 Å². The number of rotatable bonds is 5. The van der Waals surface area contributed by atoms with Crippen LogP contribution in [0.5, 0.6) is 0 Å². The minimum atomic E-state index is -3.22. The number of hydrogen-bond donors (Lipinski definition) is 1. The van der Waals surface area contributed by atoms with Crippen LogP contribution in [-0.2, 0) is 14.3 Å². The second-order valence-electron chi connectivity index (χ2n) is 2.73. The molecule has 0 bridgehead atoms. The second kappa shape index (κ2) is 6.39. The minimum Gasteiger partial charge on any atom is -0.344 e. The minimum absolute atomic E-state index is 0. The average molecular weight is 197 g/mol. The maximum absolute atomic E-state index is 10.8. The zero-order valence-electron chi connectivity index (χ0n) is 8.04. The first-order valence-corrected chi connectivity index (χ1v) is 5.38. The van der Waals surface area contributed by atoms with Crippen LogP contribution in [0.3, 0.4) is 0 Å². The van der Waals surface area contributed by atoms with Gasteiger partial charge in [0, 0.05) is 0 Å². The highest BCUT2D eigenvalue weighted by molar-refractivity contribution is 7.86. The van der Waals surface area contributed by atoms with E-state index in [1.807, 2.05) is 13.8 Å². The molecule has 0 aliphatic heterocycles. The van der Waals surface area contributed by atoms with Crippen molar-refractivity contribution >= 4 is 10.1 Å². The molecule has 1 unspecified atom stereocenters. The molecule has 0 rings (SSSR count). The Labute approximate surface area is 75.0 Å². The summed E-state index contributed by atoms with van der Waals surface area (Å²) in [6.07, 6.45) is 1.70. The zero-order chi connectivity index (χ0) is 8.91. The molecular formula is C7H19NO3S. The van der Waals surface area contributed by atoms with Crippen LogP contribution in [-0.4, -0.2) is 21.3 Å². The normalized spacial score (nSPS) is 13.6. The summed E-state index contributed by atoms with van der Waals surface area (Å²) in [6, 6.07) is 0. The van der Waals surface area contributed by atoms with E-state index in [1.165, 1.54) is 7.11 Å². The highest BCUT2D eigenvalue weighted by Gasteiger charge is 2.10. The van der Waals surface area contributed by atoms with Crippen LogP contribution in [0.25, 0.3) is 0 Å². The topological polar surface area (TPSA) is 78.4 Å². The van der Waals surface area contributed by atoms with Crippen molar-refractivity contribution in [3.8, 4) is 0 Å². The monoisotopic (exact) mass is 197 g/mol. The van der Waals surface area contributed by atoms with Gasteiger partial charge in [-0.3, -0.25) is 4.18 Å². The van der Waals surface area contributed by atoms with Crippen LogP contribution < -0.4 is 6.15 Å². The largest absolute Gasteiger partial charge is 0.344 e. The molecule has 0 aromatic carbocycles. The van der Waals surface area contributed by atoms with Gasteiger partial charge in [0.25, 0.3) is 10.1 Å². The summed E-state index contributed by atoms with van der Waals surface area (Å²) >= 11 is 0. The lowest BCUT2D eigenvalue weighted by Gasteiger charge is -2.06. The van der Waals surface area contributed by atoms with E-state index in [4.69, 9.17) is 0 Å². The molecule has 4 nitrogen and oxygen atoms in total. The van der Waals surface area contributed by atoms with Gasteiger partial charge >= 0.3 is 0 Å². The van der Waals surface area contributed by atoms with E-state index in [2.05, 4.69) is 4.18 Å². The second-order valence-corrected chi connectivity index (χ2v) is 4.59. The van der Waals surface area contributed by atoms with Crippen molar-refractivity contribution in [1.82, 2.24) is 6.15 Å². The summed E-state index contributed by atoms with van der Waals surface area (Å²) in [4.78, 5) is 0. The van der Waals surface area contributed by atoms with E-state index in [-0.39, 0.29) is 11.9 Å². The first-order valence-electron chi connectivity index (χ1n) is 3.80. The highest BCUT2D eigenvalue weighted by Crippen LogP contribution is 2.08. The molecule has 0 fully saturated rings. The third-order valence-electron chi connectivity index (χ3n) is 1.81. The van der Waals surface area contributed by atoms with Crippen LogP contribution in [0.15, 0.2) is 0 Å². The first kappa shape index (κ1) is 14.4. The van der Waals surface area contributed by atoms with Crippen LogP contribution >= 0.6 is 0 Å². The first-order chi connectivity index (χ1) is 5.02. The molecular weight excluding hydrogens is 178 g/mol. The predicted octanol–water partition coefficient (Wildman–Crippen LogP) is 1.56. The van der Waals surface area contributed by atoms with E-state index in [1.54, 1.807) is 0 Å². The van der Waals surface area contributed by atoms with Crippen LogP contribution in [0, 0.1) is 5.92 Å². The molecule has 0 aliphatic carbocycles. The summed E-state index contributed by atoms with van der Waals surface area (Å²) in [5, 5.41) is 0. The van der Waals surface area contributed by atoms with Crippen molar-refractivity contribution in [2.24, 2.45) is 5.92 Å². The van der Waals surface area contributed by atoms with Crippen molar-refractivity contribution in [1.29, 1.82) is 0 Å². The summed E-state index contributed by atoms with van der Waals surface area (Å²) in [5.74, 6) is 0.596. The van der Waals surface area contributed by atoms with E-state index in [9.17, 15) is 8.42 Å². The molecule has 12 heavy (non-hydrogen) atoms. The summed E-state index contributed by atoms with van der Waals surface area (Å²) in [7, 11) is -2.02. The van der Waals surface area contributed by atoms with Crippen molar-refractivity contribution in [2.75, 3.05) is 12.9 Å². The zero-order valence-corrected chi connectivity index (χ0v) is 8.86. The Balaban J connectivity index is 0. The van der Waals surface area contributed by atoms with Gasteiger partial charge in [-0.15, -0.1) is 0 Å². The Hall–Kier alpha value is -0.130. The maximum atomic E-state index is 10.8. The van der Waals surface area contributed by atoms with Crippen molar-refractivity contribution in [2.45, 2.75) is 26.7 Å². The molecule has 0 radical (unpaired) electrons. The van der Waals surface area contributed by atoms with Crippen LogP contribution in [0.2, 0.25) is 0 Å². The molecule has 3 N–H and O–H groups in total. The average Bonchev–Trinajstić information content (AvgIpc) is 2.00. The molecule has 5 heteroatoms. The van der Waals surface area contributed by atoms with Crippen LogP contribution in [0.4, 0.5) is 0 Å². The molecule has 0 aliphatic rings. The Bertz CT molecular complexity index is 189. The van der Waals surface area contributed by atoms with E-state index < -0.39 is 10.1 Å². The lowest BCUT2D eigenvalue weighted by atomic mass is 10.1. The summed E-state index contributed by atoms with van der Waals surface area (Å²) in [6.45, 7) is 4.08. The van der Waals surface area contributed by atoms with Gasteiger partial charge in [-0.1, -0.05) is 20.3 Å². The summed E-state index contributed by atoms with van der Waals surface area (Å²) in [5.41, 5.74) is 0. The van der Waals surface area contributed by atoms with Crippen molar-refractivity contribution in [3.63, 3.8) is 0 Å². The third-order valence-corrected chi connectivity index (χ3v) is 3.06.